The average molecular weight is 806 g/mol. The van der Waals surface area contributed by atoms with Crippen LogP contribution in [-0.4, -0.2) is 0 Å². The van der Waals surface area contributed by atoms with E-state index in [1.807, 2.05) is 24.3 Å². The Morgan fingerprint density at radius 3 is 0.861 bits per heavy atom. The molecule has 0 bridgehead atoms. The topological polar surface area (TPSA) is 6.48 Å². The summed E-state index contributed by atoms with van der Waals surface area (Å²) in [6, 6.07) is 48.4. The smallest absolute Gasteiger partial charge is 0.0439 e. The molecule has 0 atom stereocenters. The first-order valence-corrected chi connectivity index (χ1v) is 11.4. The van der Waals surface area contributed by atoms with Crippen molar-refractivity contribution in [3.8, 4) is 0 Å². The zero-order valence-electron chi connectivity index (χ0n) is 20.3. The van der Waals surface area contributed by atoms with Gasteiger partial charge in [0, 0.05) is 64.9 Å². The van der Waals surface area contributed by atoms with Crippen LogP contribution in [0, 0.1) is 26.0 Å². The van der Waals surface area contributed by atoms with Crippen molar-refractivity contribution < 1.29 is 42.1 Å². The number of nitrogens with zero attached hydrogens (tertiary/aromatic N) is 2. The average Bonchev–Trinajstić information content (AvgIpc) is 2.89. The largest absolute Gasteiger partial charge is 0.334 e. The zero-order chi connectivity index (χ0) is 23.3. The number of hydrogen-bond acceptors (Lipinski definition) is 2. The van der Waals surface area contributed by atoms with Crippen LogP contribution in [0.5, 0.6) is 0 Å². The summed E-state index contributed by atoms with van der Waals surface area (Å²) in [4.78, 5) is 4.54. The molecule has 5 aromatic rings. The second kappa shape index (κ2) is 12.9. The first-order valence-electron chi connectivity index (χ1n) is 11.4. The van der Waals surface area contributed by atoms with Crippen LogP contribution in [0.1, 0.15) is 11.1 Å². The number of anilines is 6. The molecule has 2 nitrogen and oxygen atoms in total. The third-order valence-electron chi connectivity index (χ3n) is 5.87. The van der Waals surface area contributed by atoms with Crippen LogP contribution in [0.4, 0.5) is 34.1 Å². The molecule has 0 saturated heterocycles. The van der Waals surface area contributed by atoms with Crippen LogP contribution in [0.25, 0.3) is 0 Å². The second-order valence-electron chi connectivity index (χ2n) is 8.37. The van der Waals surface area contributed by atoms with Crippen molar-refractivity contribution in [2.75, 3.05) is 9.80 Å². The summed E-state index contributed by atoms with van der Waals surface area (Å²) in [5.41, 5.74) is 9.14. The van der Waals surface area contributed by atoms with Gasteiger partial charge < -0.3 is 9.80 Å². The van der Waals surface area contributed by atoms with E-state index in [1.165, 1.54) is 11.1 Å². The predicted molar refractivity (Wildman–Crippen MR) is 143 cm³/mol. The Bertz CT molecular complexity index is 1230. The van der Waals surface area contributed by atoms with E-state index in [0.29, 0.717) is 0 Å². The van der Waals surface area contributed by atoms with E-state index < -0.39 is 0 Å². The molecule has 5 aromatic carbocycles. The van der Waals surface area contributed by atoms with Gasteiger partial charge in [-0.2, -0.15) is 36.4 Å². The van der Waals surface area contributed by atoms with Crippen molar-refractivity contribution in [2.45, 2.75) is 13.8 Å². The van der Waals surface area contributed by atoms with Gasteiger partial charge in [-0.15, -0.1) is 24.3 Å². The van der Waals surface area contributed by atoms with Crippen molar-refractivity contribution in [3.05, 3.63) is 145 Å². The van der Waals surface area contributed by atoms with Crippen LogP contribution in [0.3, 0.4) is 0 Å². The van der Waals surface area contributed by atoms with Gasteiger partial charge in [-0.05, 0) is 62.4 Å². The third kappa shape index (κ3) is 6.25. The standard InChI is InChI=1S/C32H26N2.2W/c1-25-13-17-29(18-14-25)33(27-9-5-3-6-10-27)31-21-23-32(24-22-31)34(28-11-7-4-8-12-28)30-19-15-26(2)16-20-30;;/h5-24H,1-2H3;;/q-2;;. The van der Waals surface area contributed by atoms with E-state index in [4.69, 9.17) is 0 Å². The summed E-state index contributed by atoms with van der Waals surface area (Å²) in [5, 5.41) is 0. The molecule has 0 aliphatic rings. The predicted octanol–water partition coefficient (Wildman–Crippen LogP) is 8.84. The number of benzene rings is 5. The van der Waals surface area contributed by atoms with Crippen LogP contribution < -0.4 is 9.80 Å². The number of aryl methyl sites for hydroxylation is 2. The molecule has 0 heterocycles. The van der Waals surface area contributed by atoms with Crippen LogP contribution in [0.2, 0.25) is 0 Å². The molecule has 36 heavy (non-hydrogen) atoms. The van der Waals surface area contributed by atoms with Gasteiger partial charge in [-0.3, -0.25) is 0 Å². The zero-order valence-corrected chi connectivity index (χ0v) is 26.1. The van der Waals surface area contributed by atoms with Gasteiger partial charge in [0.05, 0.1) is 0 Å². The number of hydrogen-bond donors (Lipinski definition) is 0. The monoisotopic (exact) mass is 806 g/mol. The molecule has 0 aliphatic heterocycles. The van der Waals surface area contributed by atoms with Crippen LogP contribution >= 0.6 is 0 Å². The summed E-state index contributed by atoms with van der Waals surface area (Å²) < 4.78 is 0. The summed E-state index contributed by atoms with van der Waals surface area (Å²) in [7, 11) is 0. The maximum absolute atomic E-state index is 3.13. The Morgan fingerprint density at radius 2 is 0.583 bits per heavy atom. The van der Waals surface area contributed by atoms with Gasteiger partial charge in [-0.1, -0.05) is 46.8 Å². The van der Waals surface area contributed by atoms with Gasteiger partial charge >= 0.3 is 0 Å². The Balaban J connectivity index is 0.00000180. The summed E-state index contributed by atoms with van der Waals surface area (Å²) >= 11 is 0. The van der Waals surface area contributed by atoms with Crippen LogP contribution in [-0.2, 0) is 42.1 Å². The van der Waals surface area contributed by atoms with Crippen molar-refractivity contribution in [3.63, 3.8) is 0 Å². The Morgan fingerprint density at radius 1 is 0.361 bits per heavy atom. The third-order valence-corrected chi connectivity index (χ3v) is 5.87. The number of rotatable bonds is 6. The molecular formula is C32H26N2W2-2. The molecule has 0 unspecified atom stereocenters. The molecule has 0 saturated carbocycles. The van der Waals surface area contributed by atoms with Crippen LogP contribution in [0.15, 0.2) is 121 Å². The van der Waals surface area contributed by atoms with E-state index in [1.54, 1.807) is 0 Å². The summed E-state index contributed by atoms with van der Waals surface area (Å²) in [6.07, 6.45) is 0. The fraction of sp³-hybridized carbons (Fsp3) is 0.0625. The normalized spacial score (nSPS) is 10.1. The molecule has 4 heteroatoms. The van der Waals surface area contributed by atoms with Gasteiger partial charge in [0.25, 0.3) is 0 Å². The van der Waals surface area contributed by atoms with E-state index in [2.05, 4.69) is 133 Å². The molecule has 178 valence electrons. The molecule has 0 aromatic heterocycles. The Kier molecular flexibility index (Phi) is 9.88. The minimum absolute atomic E-state index is 0. The quantitative estimate of drug-likeness (QED) is 0.159. The van der Waals surface area contributed by atoms with Crippen molar-refractivity contribution in [1.82, 2.24) is 0 Å². The molecule has 0 fully saturated rings. The van der Waals surface area contributed by atoms with E-state index in [9.17, 15) is 0 Å². The summed E-state index contributed by atoms with van der Waals surface area (Å²) in [6.45, 7) is 4.22. The van der Waals surface area contributed by atoms with E-state index >= 15 is 0 Å². The van der Waals surface area contributed by atoms with E-state index in [0.717, 1.165) is 34.1 Å². The van der Waals surface area contributed by atoms with Gasteiger partial charge in [-0.25, -0.2) is 0 Å². The molecule has 0 amide bonds. The Hall–Kier alpha value is -2.92. The van der Waals surface area contributed by atoms with Crippen molar-refractivity contribution >= 4 is 34.1 Å². The minimum Gasteiger partial charge on any atom is -0.334 e. The SMILES string of the molecule is Cc1ccc(N(c2cc[c-]cc2)c2ccc(N(c3cc[c-]cc3)c3ccc(C)cc3)cc2)cc1.[W].[W]. The first-order chi connectivity index (χ1) is 16.7. The molecule has 0 spiro atoms. The maximum atomic E-state index is 3.13. The first kappa shape index (κ1) is 27.7. The fourth-order valence-corrected chi connectivity index (χ4v) is 4.09. The molecule has 0 aliphatic carbocycles. The maximum Gasteiger partial charge on any atom is 0.0439 e. The van der Waals surface area contributed by atoms with Gasteiger partial charge in [0.15, 0.2) is 0 Å². The second-order valence-corrected chi connectivity index (χ2v) is 8.37. The van der Waals surface area contributed by atoms with Gasteiger partial charge in [0.2, 0.25) is 0 Å². The molecule has 0 N–H and O–H groups in total. The minimum atomic E-state index is 0. The van der Waals surface area contributed by atoms with E-state index in [-0.39, 0.29) is 42.1 Å². The molecule has 0 radical (unpaired) electrons. The van der Waals surface area contributed by atoms with Crippen molar-refractivity contribution in [2.24, 2.45) is 0 Å². The summed E-state index contributed by atoms with van der Waals surface area (Å²) in [5.74, 6) is 0. The Labute approximate surface area is 243 Å². The fourth-order valence-electron chi connectivity index (χ4n) is 4.09. The molecule has 5 rings (SSSR count). The van der Waals surface area contributed by atoms with Gasteiger partial charge in [0.1, 0.15) is 0 Å². The van der Waals surface area contributed by atoms with Crippen molar-refractivity contribution in [1.29, 1.82) is 0 Å². The molecular weight excluding hydrogens is 780 g/mol.